The second kappa shape index (κ2) is 5.14. The molecule has 15 heavy (non-hydrogen) atoms. The van der Waals surface area contributed by atoms with Crippen LogP contribution in [0.1, 0.15) is 19.4 Å². The first-order valence-corrected chi connectivity index (χ1v) is 5.29. The first-order chi connectivity index (χ1) is 7.03. The van der Waals surface area contributed by atoms with E-state index in [-0.39, 0.29) is 5.41 Å². The lowest BCUT2D eigenvalue weighted by atomic mass is 9.94. The molecule has 0 fully saturated rings. The Labute approximate surface area is 91.9 Å². The Bertz CT molecular complexity index is 290. The molecule has 84 valence electrons. The molecule has 1 aromatic rings. The Kier molecular flexibility index (Phi) is 4.12. The van der Waals surface area contributed by atoms with Crippen molar-refractivity contribution in [2.24, 2.45) is 11.1 Å². The predicted octanol–water partition coefficient (Wildman–Crippen LogP) is 1.34. The number of rotatable bonds is 5. The summed E-state index contributed by atoms with van der Waals surface area (Å²) in [4.78, 5) is 0. The van der Waals surface area contributed by atoms with Crippen molar-refractivity contribution in [1.29, 1.82) is 0 Å². The van der Waals surface area contributed by atoms with Crippen LogP contribution in [0.4, 0.5) is 5.69 Å². The summed E-state index contributed by atoms with van der Waals surface area (Å²) >= 11 is 0. The monoisotopic (exact) mass is 207 g/mol. The van der Waals surface area contributed by atoms with Gasteiger partial charge >= 0.3 is 0 Å². The van der Waals surface area contributed by atoms with E-state index in [0.717, 1.165) is 18.8 Å². The van der Waals surface area contributed by atoms with Crippen LogP contribution in [0.25, 0.3) is 0 Å². The van der Waals surface area contributed by atoms with Crippen molar-refractivity contribution in [2.75, 3.05) is 18.8 Å². The molecule has 5 N–H and O–H groups in total. The standard InChI is InChI=1S/C12H21N3/c1-12(2,8-13)9-15-7-10-3-5-11(14)6-4-10/h3-6,15H,7-9,13-14H2,1-2H3. The Balaban J connectivity index is 2.35. The predicted molar refractivity (Wildman–Crippen MR) is 65.4 cm³/mol. The average molecular weight is 207 g/mol. The maximum Gasteiger partial charge on any atom is 0.0314 e. The van der Waals surface area contributed by atoms with Gasteiger partial charge in [0.25, 0.3) is 0 Å². The highest BCUT2D eigenvalue weighted by Crippen LogP contribution is 2.11. The van der Waals surface area contributed by atoms with E-state index in [1.807, 2.05) is 24.3 Å². The molecular weight excluding hydrogens is 186 g/mol. The molecule has 0 aromatic heterocycles. The smallest absolute Gasteiger partial charge is 0.0314 e. The molecule has 0 aliphatic rings. The molecule has 0 unspecified atom stereocenters. The van der Waals surface area contributed by atoms with Gasteiger partial charge in [-0.05, 0) is 29.7 Å². The second-order valence-corrected chi connectivity index (χ2v) is 4.71. The van der Waals surface area contributed by atoms with Crippen molar-refractivity contribution >= 4 is 5.69 Å². The van der Waals surface area contributed by atoms with Gasteiger partial charge in [-0.25, -0.2) is 0 Å². The van der Waals surface area contributed by atoms with Crippen LogP contribution in [0.15, 0.2) is 24.3 Å². The van der Waals surface area contributed by atoms with Gasteiger partial charge in [0.15, 0.2) is 0 Å². The number of nitrogen functional groups attached to an aromatic ring is 1. The minimum absolute atomic E-state index is 0.161. The fourth-order valence-electron chi connectivity index (χ4n) is 1.25. The summed E-state index contributed by atoms with van der Waals surface area (Å²) in [7, 11) is 0. The summed E-state index contributed by atoms with van der Waals surface area (Å²) in [6.45, 7) is 6.80. The van der Waals surface area contributed by atoms with Crippen LogP contribution in [0.3, 0.4) is 0 Å². The highest BCUT2D eigenvalue weighted by atomic mass is 14.9. The number of benzene rings is 1. The Morgan fingerprint density at radius 2 is 1.80 bits per heavy atom. The van der Waals surface area contributed by atoms with Gasteiger partial charge in [0.05, 0.1) is 0 Å². The lowest BCUT2D eigenvalue weighted by Crippen LogP contribution is -2.35. The summed E-state index contributed by atoms with van der Waals surface area (Å²) in [5.41, 5.74) is 13.5. The van der Waals surface area contributed by atoms with Gasteiger partial charge in [-0.1, -0.05) is 26.0 Å². The van der Waals surface area contributed by atoms with E-state index in [1.165, 1.54) is 5.56 Å². The first-order valence-electron chi connectivity index (χ1n) is 5.29. The van der Waals surface area contributed by atoms with Crippen molar-refractivity contribution in [1.82, 2.24) is 5.32 Å². The van der Waals surface area contributed by atoms with Gasteiger partial charge in [0.2, 0.25) is 0 Å². The summed E-state index contributed by atoms with van der Waals surface area (Å²) in [6.07, 6.45) is 0. The molecule has 0 radical (unpaired) electrons. The Morgan fingerprint density at radius 3 is 2.33 bits per heavy atom. The molecule has 1 aromatic carbocycles. The SMILES string of the molecule is CC(C)(CN)CNCc1ccc(N)cc1. The zero-order chi connectivity index (χ0) is 11.3. The van der Waals surface area contributed by atoms with Crippen LogP contribution in [0.2, 0.25) is 0 Å². The topological polar surface area (TPSA) is 64.1 Å². The molecule has 3 nitrogen and oxygen atoms in total. The van der Waals surface area contributed by atoms with Crippen molar-refractivity contribution in [3.8, 4) is 0 Å². The lowest BCUT2D eigenvalue weighted by Gasteiger charge is -2.22. The first kappa shape index (κ1) is 12.0. The molecule has 0 atom stereocenters. The summed E-state index contributed by atoms with van der Waals surface area (Å²) in [6, 6.07) is 7.92. The fourth-order valence-corrected chi connectivity index (χ4v) is 1.25. The minimum Gasteiger partial charge on any atom is -0.399 e. The summed E-state index contributed by atoms with van der Waals surface area (Å²) in [5.74, 6) is 0. The number of hydrogen-bond acceptors (Lipinski definition) is 3. The third-order valence-electron chi connectivity index (χ3n) is 2.46. The zero-order valence-corrected chi connectivity index (χ0v) is 9.59. The van der Waals surface area contributed by atoms with E-state index in [0.29, 0.717) is 6.54 Å². The molecule has 1 rings (SSSR count). The number of anilines is 1. The van der Waals surface area contributed by atoms with E-state index in [4.69, 9.17) is 11.5 Å². The Morgan fingerprint density at radius 1 is 1.20 bits per heavy atom. The molecule has 3 heteroatoms. The molecule has 0 aliphatic carbocycles. The largest absolute Gasteiger partial charge is 0.399 e. The van der Waals surface area contributed by atoms with Crippen LogP contribution in [-0.2, 0) is 6.54 Å². The number of nitrogens with two attached hydrogens (primary N) is 2. The fraction of sp³-hybridized carbons (Fsp3) is 0.500. The van der Waals surface area contributed by atoms with Gasteiger partial charge in [-0.2, -0.15) is 0 Å². The molecule has 0 spiro atoms. The number of hydrogen-bond donors (Lipinski definition) is 3. The van der Waals surface area contributed by atoms with Gasteiger partial charge in [-0.15, -0.1) is 0 Å². The van der Waals surface area contributed by atoms with Gasteiger partial charge in [0.1, 0.15) is 0 Å². The summed E-state index contributed by atoms with van der Waals surface area (Å²) < 4.78 is 0. The van der Waals surface area contributed by atoms with Gasteiger partial charge in [0, 0.05) is 18.8 Å². The van der Waals surface area contributed by atoms with Crippen LogP contribution >= 0.6 is 0 Å². The van der Waals surface area contributed by atoms with Gasteiger partial charge < -0.3 is 16.8 Å². The van der Waals surface area contributed by atoms with Crippen molar-refractivity contribution in [3.63, 3.8) is 0 Å². The average Bonchev–Trinajstić information content (AvgIpc) is 2.21. The molecular formula is C12H21N3. The van der Waals surface area contributed by atoms with Crippen LogP contribution in [0.5, 0.6) is 0 Å². The Hall–Kier alpha value is -1.06. The molecule has 0 aliphatic heterocycles. The van der Waals surface area contributed by atoms with E-state index in [2.05, 4.69) is 19.2 Å². The highest BCUT2D eigenvalue weighted by molar-refractivity contribution is 5.39. The van der Waals surface area contributed by atoms with E-state index in [1.54, 1.807) is 0 Å². The minimum atomic E-state index is 0.161. The van der Waals surface area contributed by atoms with E-state index >= 15 is 0 Å². The molecule has 0 bridgehead atoms. The third-order valence-corrected chi connectivity index (χ3v) is 2.46. The normalized spacial score (nSPS) is 11.7. The van der Waals surface area contributed by atoms with Crippen LogP contribution in [0, 0.1) is 5.41 Å². The van der Waals surface area contributed by atoms with Crippen molar-refractivity contribution < 1.29 is 0 Å². The van der Waals surface area contributed by atoms with Crippen molar-refractivity contribution in [3.05, 3.63) is 29.8 Å². The zero-order valence-electron chi connectivity index (χ0n) is 9.59. The highest BCUT2D eigenvalue weighted by Gasteiger charge is 2.14. The van der Waals surface area contributed by atoms with Gasteiger partial charge in [-0.3, -0.25) is 0 Å². The maximum absolute atomic E-state index is 5.65. The number of nitrogens with one attached hydrogen (secondary N) is 1. The lowest BCUT2D eigenvalue weighted by molar-refractivity contribution is 0.351. The summed E-state index contributed by atoms with van der Waals surface area (Å²) in [5, 5.41) is 3.39. The second-order valence-electron chi connectivity index (χ2n) is 4.71. The third kappa shape index (κ3) is 4.32. The van der Waals surface area contributed by atoms with Crippen molar-refractivity contribution in [2.45, 2.75) is 20.4 Å². The molecule has 0 heterocycles. The molecule has 0 amide bonds. The maximum atomic E-state index is 5.65. The van der Waals surface area contributed by atoms with Crippen LogP contribution in [-0.4, -0.2) is 13.1 Å². The quantitative estimate of drug-likeness (QED) is 0.638. The van der Waals surface area contributed by atoms with Crippen LogP contribution < -0.4 is 16.8 Å². The van der Waals surface area contributed by atoms with E-state index in [9.17, 15) is 0 Å². The molecule has 0 saturated heterocycles. The van der Waals surface area contributed by atoms with E-state index < -0.39 is 0 Å². The molecule has 0 saturated carbocycles.